The Hall–Kier alpha value is 0. The Bertz CT molecular complexity index is 194. The summed E-state index contributed by atoms with van der Waals surface area (Å²) < 4.78 is 0. The van der Waals surface area contributed by atoms with Gasteiger partial charge in [0.1, 0.15) is 0 Å². The second-order valence-electron chi connectivity index (χ2n) is 8.65. The molecule has 0 atom stereocenters. The highest BCUT2D eigenvalue weighted by Gasteiger charge is 2.15. The highest BCUT2D eigenvalue weighted by atomic mass is 14.2. The Labute approximate surface area is 156 Å². The van der Waals surface area contributed by atoms with Crippen molar-refractivity contribution in [2.75, 3.05) is 0 Å². The maximum absolute atomic E-state index is 2.37. The van der Waals surface area contributed by atoms with Crippen LogP contribution in [0, 0.1) is 17.3 Å². The van der Waals surface area contributed by atoms with Gasteiger partial charge in [-0.1, -0.05) is 139 Å². The van der Waals surface area contributed by atoms with E-state index in [0.29, 0.717) is 5.41 Å². The zero-order valence-electron chi connectivity index (χ0n) is 18.8. The topological polar surface area (TPSA) is 0 Å². The fraction of sp³-hybridized carbons (Fsp3) is 1.00. The minimum atomic E-state index is 0.625. The van der Waals surface area contributed by atoms with Crippen LogP contribution >= 0.6 is 0 Å². The molecule has 1 fully saturated rings. The van der Waals surface area contributed by atoms with Crippen LogP contribution in [-0.2, 0) is 0 Å². The first-order chi connectivity index (χ1) is 11.4. The van der Waals surface area contributed by atoms with E-state index in [9.17, 15) is 0 Å². The zero-order valence-corrected chi connectivity index (χ0v) is 18.8. The molecule has 0 aliphatic heterocycles. The first kappa shape index (κ1) is 26.2. The molecule has 0 radical (unpaired) electrons. The molecular weight excluding hydrogens is 288 g/mol. The summed E-state index contributed by atoms with van der Waals surface area (Å²) in [5.74, 6) is 2.04. The molecule has 24 heavy (non-hydrogen) atoms. The molecule has 0 amide bonds. The summed E-state index contributed by atoms with van der Waals surface area (Å²) in [7, 11) is 0. The van der Waals surface area contributed by atoms with Gasteiger partial charge >= 0.3 is 0 Å². The molecule has 0 heterocycles. The SMILES string of the molecule is CC1CCC(C)CC1.CCC(C)(CC)CC.CCCCCCCC. The van der Waals surface area contributed by atoms with E-state index in [4.69, 9.17) is 0 Å². The fourth-order valence-electron chi connectivity index (χ4n) is 3.03. The van der Waals surface area contributed by atoms with Crippen LogP contribution in [0.3, 0.4) is 0 Å². The van der Waals surface area contributed by atoms with Crippen molar-refractivity contribution in [2.45, 2.75) is 139 Å². The first-order valence-corrected chi connectivity index (χ1v) is 11.4. The van der Waals surface area contributed by atoms with E-state index in [1.54, 1.807) is 0 Å². The number of rotatable bonds is 8. The summed E-state index contributed by atoms with van der Waals surface area (Å²) in [5, 5.41) is 0. The Kier molecular flexibility index (Phi) is 19.5. The zero-order chi connectivity index (χ0) is 18.8. The van der Waals surface area contributed by atoms with Crippen molar-refractivity contribution in [3.05, 3.63) is 0 Å². The van der Waals surface area contributed by atoms with Gasteiger partial charge in [-0.3, -0.25) is 0 Å². The number of hydrogen-bond donors (Lipinski definition) is 0. The van der Waals surface area contributed by atoms with Gasteiger partial charge in [0.05, 0.1) is 0 Å². The van der Waals surface area contributed by atoms with Gasteiger partial charge in [-0.25, -0.2) is 0 Å². The molecule has 0 bridgehead atoms. The summed E-state index contributed by atoms with van der Waals surface area (Å²) in [4.78, 5) is 0. The lowest BCUT2D eigenvalue weighted by molar-refractivity contribution is 0.286. The Morgan fingerprint density at radius 3 is 1.04 bits per heavy atom. The number of unbranched alkanes of at least 4 members (excludes halogenated alkanes) is 5. The summed E-state index contributed by atoms with van der Waals surface area (Å²) in [6.07, 6.45) is 18.3. The van der Waals surface area contributed by atoms with Gasteiger partial charge in [0.15, 0.2) is 0 Å². The molecule has 1 aliphatic rings. The summed E-state index contributed by atoms with van der Waals surface area (Å²) >= 11 is 0. The molecule has 0 aromatic carbocycles. The van der Waals surface area contributed by atoms with Gasteiger partial charge < -0.3 is 0 Å². The quantitative estimate of drug-likeness (QED) is 0.386. The Morgan fingerprint density at radius 1 is 0.583 bits per heavy atom. The lowest BCUT2D eigenvalue weighted by atomic mass is 9.82. The normalized spacial score (nSPS) is 20.5. The molecule has 0 saturated heterocycles. The third-order valence-corrected chi connectivity index (χ3v) is 6.32. The third kappa shape index (κ3) is 16.8. The standard InChI is InChI=1S/C8H16.2C8H18/c1-7-3-5-8(2)6-4-7;1-5-8(4,6-2)7-3;1-3-5-7-8-6-4-2/h7-8H,3-6H2,1-2H3;5-7H2,1-4H3;3-8H2,1-2H3. The second kappa shape index (κ2) is 17.8. The predicted octanol–water partition coefficient (Wildman–Crippen LogP) is 9.42. The van der Waals surface area contributed by atoms with Crippen LogP contribution in [0.15, 0.2) is 0 Å². The van der Waals surface area contributed by atoms with E-state index >= 15 is 0 Å². The molecule has 0 aromatic heterocycles. The maximum Gasteiger partial charge on any atom is -0.0334 e. The monoisotopic (exact) mass is 340 g/mol. The summed E-state index contributed by atoms with van der Waals surface area (Å²) in [6, 6.07) is 0. The highest BCUT2D eigenvalue weighted by Crippen LogP contribution is 2.28. The van der Waals surface area contributed by atoms with Crippen molar-refractivity contribution in [2.24, 2.45) is 17.3 Å². The average molecular weight is 341 g/mol. The van der Waals surface area contributed by atoms with Gasteiger partial charge in [-0.05, 0) is 17.3 Å². The molecule has 1 aliphatic carbocycles. The molecule has 0 N–H and O–H groups in total. The first-order valence-electron chi connectivity index (χ1n) is 11.4. The molecule has 148 valence electrons. The molecule has 0 aromatic rings. The third-order valence-electron chi connectivity index (χ3n) is 6.32. The van der Waals surface area contributed by atoms with Crippen LogP contribution in [0.25, 0.3) is 0 Å². The van der Waals surface area contributed by atoms with Crippen LogP contribution in [-0.4, -0.2) is 0 Å². The van der Waals surface area contributed by atoms with Crippen molar-refractivity contribution in [3.63, 3.8) is 0 Å². The van der Waals surface area contributed by atoms with Crippen molar-refractivity contribution in [1.29, 1.82) is 0 Å². The van der Waals surface area contributed by atoms with Crippen LogP contribution in [0.4, 0.5) is 0 Å². The van der Waals surface area contributed by atoms with E-state index in [1.165, 1.54) is 83.5 Å². The lowest BCUT2D eigenvalue weighted by Gasteiger charge is -2.23. The smallest absolute Gasteiger partial charge is 0.0334 e. The van der Waals surface area contributed by atoms with Crippen LogP contribution in [0.1, 0.15) is 139 Å². The van der Waals surface area contributed by atoms with Gasteiger partial charge in [0.25, 0.3) is 0 Å². The Balaban J connectivity index is 0. The molecule has 1 saturated carbocycles. The largest absolute Gasteiger partial charge is 0.0654 e. The van der Waals surface area contributed by atoms with E-state index in [1.807, 2.05) is 0 Å². The van der Waals surface area contributed by atoms with E-state index in [2.05, 4.69) is 55.4 Å². The molecule has 0 spiro atoms. The predicted molar refractivity (Wildman–Crippen MR) is 115 cm³/mol. The maximum atomic E-state index is 2.37. The summed E-state index contributed by atoms with van der Waals surface area (Å²) in [5.41, 5.74) is 0.625. The van der Waals surface area contributed by atoms with Crippen LogP contribution in [0.5, 0.6) is 0 Å². The number of hydrogen-bond acceptors (Lipinski definition) is 0. The van der Waals surface area contributed by atoms with Crippen LogP contribution < -0.4 is 0 Å². The molecule has 1 rings (SSSR count). The average Bonchev–Trinajstić information content (AvgIpc) is 2.62. The molecular formula is C24H52. The molecule has 0 nitrogen and oxygen atoms in total. The minimum absolute atomic E-state index is 0.625. The van der Waals surface area contributed by atoms with Crippen LogP contribution in [0.2, 0.25) is 0 Å². The Morgan fingerprint density at radius 2 is 0.875 bits per heavy atom. The second-order valence-corrected chi connectivity index (χ2v) is 8.65. The van der Waals surface area contributed by atoms with Gasteiger partial charge in [-0.15, -0.1) is 0 Å². The van der Waals surface area contributed by atoms with E-state index < -0.39 is 0 Å². The highest BCUT2D eigenvalue weighted by molar-refractivity contribution is 4.67. The van der Waals surface area contributed by atoms with Crippen molar-refractivity contribution in [3.8, 4) is 0 Å². The van der Waals surface area contributed by atoms with Gasteiger partial charge in [0.2, 0.25) is 0 Å². The van der Waals surface area contributed by atoms with Gasteiger partial charge in [-0.2, -0.15) is 0 Å². The van der Waals surface area contributed by atoms with E-state index in [0.717, 1.165) is 11.8 Å². The van der Waals surface area contributed by atoms with Crippen molar-refractivity contribution < 1.29 is 0 Å². The minimum Gasteiger partial charge on any atom is -0.0654 e. The van der Waals surface area contributed by atoms with Crippen molar-refractivity contribution in [1.82, 2.24) is 0 Å². The fourth-order valence-corrected chi connectivity index (χ4v) is 3.03. The molecule has 0 unspecified atom stereocenters. The van der Waals surface area contributed by atoms with Crippen molar-refractivity contribution >= 4 is 0 Å². The lowest BCUT2D eigenvalue weighted by Crippen LogP contribution is -2.10. The summed E-state index contributed by atoms with van der Waals surface area (Å²) in [6.45, 7) is 18.4. The molecule has 0 heteroatoms. The van der Waals surface area contributed by atoms with Gasteiger partial charge in [0, 0.05) is 0 Å². The van der Waals surface area contributed by atoms with E-state index in [-0.39, 0.29) is 0 Å².